The van der Waals surface area contributed by atoms with Crippen LogP contribution in [0.1, 0.15) is 15.9 Å². The highest BCUT2D eigenvalue weighted by Crippen LogP contribution is 2.27. The van der Waals surface area contributed by atoms with E-state index in [0.29, 0.717) is 15.8 Å². The lowest BCUT2D eigenvalue weighted by Crippen LogP contribution is -2.34. The van der Waals surface area contributed by atoms with Gasteiger partial charge in [0.15, 0.2) is 5.13 Å². The zero-order chi connectivity index (χ0) is 19.6. The molecular weight excluding hydrogens is 417 g/mol. The molecule has 2 N–H and O–H groups in total. The largest absolute Gasteiger partial charge is 0.327 e. The third-order valence-electron chi connectivity index (χ3n) is 3.41. The van der Waals surface area contributed by atoms with E-state index in [9.17, 15) is 22.4 Å². The maximum Gasteiger partial charge on any atom is 0.327 e. The first-order chi connectivity index (χ1) is 12.8. The average molecular weight is 428 g/mol. The van der Waals surface area contributed by atoms with Gasteiger partial charge in [0.1, 0.15) is 16.5 Å². The van der Waals surface area contributed by atoms with Crippen LogP contribution < -0.4 is 10.6 Å². The van der Waals surface area contributed by atoms with Crippen molar-refractivity contribution in [3.63, 3.8) is 0 Å². The fourth-order valence-electron chi connectivity index (χ4n) is 2.25. The van der Waals surface area contributed by atoms with Crippen molar-refractivity contribution >= 4 is 60.9 Å². The molecule has 0 fully saturated rings. The Hall–Kier alpha value is -2.56. The summed E-state index contributed by atoms with van der Waals surface area (Å²) in [4.78, 5) is 28.2. The number of aromatic nitrogens is 1. The number of thiol groups is 1. The second kappa shape index (κ2) is 7.99. The van der Waals surface area contributed by atoms with Crippen molar-refractivity contribution in [2.75, 3.05) is 5.32 Å². The number of urea groups is 1. The molecule has 0 bridgehead atoms. The first-order valence-corrected chi connectivity index (χ1v) is 9.97. The fourth-order valence-corrected chi connectivity index (χ4v) is 3.88. The van der Waals surface area contributed by atoms with Crippen LogP contribution in [-0.4, -0.2) is 25.3 Å². The van der Waals surface area contributed by atoms with E-state index in [2.05, 4.69) is 10.3 Å². The summed E-state index contributed by atoms with van der Waals surface area (Å²) < 4.78 is 35.7. The van der Waals surface area contributed by atoms with Gasteiger partial charge in [-0.25, -0.2) is 22.6 Å². The van der Waals surface area contributed by atoms with E-state index in [1.54, 1.807) is 18.2 Å². The minimum absolute atomic E-state index is 0.0880. The molecule has 27 heavy (non-hydrogen) atoms. The van der Waals surface area contributed by atoms with Gasteiger partial charge >= 0.3 is 6.03 Å². The number of anilines is 1. The zero-order valence-corrected chi connectivity index (χ0v) is 15.8. The number of rotatable bonds is 4. The highest BCUT2D eigenvalue weighted by atomic mass is 35.5. The number of thiazole rings is 1. The lowest BCUT2D eigenvalue weighted by molar-refractivity contribution is 0.0967. The summed E-state index contributed by atoms with van der Waals surface area (Å²) in [7, 11) is -2.55. The van der Waals surface area contributed by atoms with E-state index in [1.807, 2.05) is 5.32 Å². The molecule has 0 saturated carbocycles. The minimum atomic E-state index is -2.55. The predicted molar refractivity (Wildman–Crippen MR) is 102 cm³/mol. The van der Waals surface area contributed by atoms with Gasteiger partial charge in [-0.1, -0.05) is 35.1 Å². The molecule has 0 atom stereocenters. The van der Waals surface area contributed by atoms with Crippen LogP contribution in [0.2, 0.25) is 5.02 Å². The van der Waals surface area contributed by atoms with E-state index in [4.69, 9.17) is 11.6 Å². The van der Waals surface area contributed by atoms with Gasteiger partial charge in [0.25, 0.3) is 5.91 Å². The molecule has 0 aliphatic heterocycles. The molecule has 0 saturated heterocycles. The number of imide groups is 1. The summed E-state index contributed by atoms with van der Waals surface area (Å²) in [6.45, 7) is 0. The molecule has 7 nitrogen and oxygen atoms in total. The Morgan fingerprint density at radius 2 is 2.00 bits per heavy atom. The van der Waals surface area contributed by atoms with Gasteiger partial charge in [0, 0.05) is 0 Å². The molecule has 140 valence electrons. The van der Waals surface area contributed by atoms with Gasteiger partial charge in [-0.05, 0) is 29.8 Å². The van der Waals surface area contributed by atoms with Crippen molar-refractivity contribution in [3.05, 3.63) is 58.4 Å². The van der Waals surface area contributed by atoms with Crippen LogP contribution in [0, 0.1) is 5.82 Å². The van der Waals surface area contributed by atoms with Crippen molar-refractivity contribution in [3.8, 4) is 0 Å². The van der Waals surface area contributed by atoms with Crippen LogP contribution in [0.5, 0.6) is 0 Å². The number of halogens is 2. The van der Waals surface area contributed by atoms with E-state index < -0.39 is 28.5 Å². The van der Waals surface area contributed by atoms with Gasteiger partial charge in [-0.2, -0.15) is 0 Å². The number of nitrogens with one attached hydrogen (secondary N) is 2. The monoisotopic (exact) mass is 427 g/mol. The lowest BCUT2D eigenvalue weighted by atomic mass is 10.2. The lowest BCUT2D eigenvalue weighted by Gasteiger charge is -2.06. The van der Waals surface area contributed by atoms with Crippen LogP contribution in [0.15, 0.2) is 36.4 Å². The number of nitrogens with zero attached hydrogens (tertiary/aromatic N) is 1. The molecule has 0 spiro atoms. The van der Waals surface area contributed by atoms with E-state index in [0.717, 1.165) is 17.4 Å². The number of hydrogen-bond acceptors (Lipinski definition) is 6. The number of hydrogen-bond donors (Lipinski definition) is 3. The van der Waals surface area contributed by atoms with Crippen LogP contribution in [0.3, 0.4) is 0 Å². The summed E-state index contributed by atoms with van der Waals surface area (Å²) in [6.07, 6.45) is 0. The Kier molecular flexibility index (Phi) is 5.68. The van der Waals surface area contributed by atoms with Crippen molar-refractivity contribution in [2.24, 2.45) is 0 Å². The Bertz CT molecular complexity index is 1120. The number of amides is 3. The number of carbonyl (C=O) groups is 2. The third-order valence-corrected chi connectivity index (χ3v) is 5.35. The maximum absolute atomic E-state index is 13.4. The third kappa shape index (κ3) is 4.59. The standard InChI is InChI=1S/C16H11ClFN3O4S2/c17-13-9(2-1-3-10(13)18)14(22)20-15(23)21-16-19-11-5-4-8(7-27(24)25)6-12(11)26-16/h1-6,27H,7H2,(H2,19,20,21,22,23). The summed E-state index contributed by atoms with van der Waals surface area (Å²) >= 11 is 6.83. The highest BCUT2D eigenvalue weighted by molar-refractivity contribution is 7.71. The first kappa shape index (κ1) is 19.2. The summed E-state index contributed by atoms with van der Waals surface area (Å²) in [6, 6.07) is 7.76. The highest BCUT2D eigenvalue weighted by Gasteiger charge is 2.17. The van der Waals surface area contributed by atoms with Gasteiger partial charge in [-0.15, -0.1) is 0 Å². The molecule has 3 rings (SSSR count). The Labute approximate surface area is 163 Å². The van der Waals surface area contributed by atoms with Crippen LogP contribution >= 0.6 is 22.9 Å². The molecular formula is C16H11ClFN3O4S2. The molecule has 0 unspecified atom stereocenters. The Morgan fingerprint density at radius 3 is 2.74 bits per heavy atom. The minimum Gasteiger partial charge on any atom is -0.283 e. The summed E-state index contributed by atoms with van der Waals surface area (Å²) in [5, 5.41) is 4.28. The number of benzene rings is 2. The zero-order valence-electron chi connectivity index (χ0n) is 13.4. The molecule has 3 aromatic rings. The van der Waals surface area contributed by atoms with Crippen molar-refractivity contribution in [2.45, 2.75) is 5.75 Å². The quantitative estimate of drug-likeness (QED) is 0.555. The molecule has 0 aliphatic carbocycles. The second-order valence-electron chi connectivity index (χ2n) is 5.32. The molecule has 1 aromatic heterocycles. The van der Waals surface area contributed by atoms with Crippen molar-refractivity contribution < 1.29 is 22.4 Å². The molecule has 3 amide bonds. The predicted octanol–water partition coefficient (Wildman–Crippen LogP) is 3.16. The Morgan fingerprint density at radius 1 is 1.22 bits per heavy atom. The number of carbonyl (C=O) groups excluding carboxylic acids is 2. The van der Waals surface area contributed by atoms with Crippen molar-refractivity contribution in [1.29, 1.82) is 0 Å². The molecule has 0 radical (unpaired) electrons. The topological polar surface area (TPSA) is 105 Å². The van der Waals surface area contributed by atoms with Crippen LogP contribution in [0.4, 0.5) is 14.3 Å². The second-order valence-corrected chi connectivity index (χ2v) is 7.71. The normalized spacial score (nSPS) is 10.9. The fraction of sp³-hybridized carbons (Fsp3) is 0.0625. The molecule has 0 aliphatic rings. The molecule has 2 aromatic carbocycles. The van der Waals surface area contributed by atoms with Gasteiger partial charge in [-0.3, -0.25) is 15.4 Å². The van der Waals surface area contributed by atoms with Crippen LogP contribution in [-0.2, 0) is 16.5 Å². The van der Waals surface area contributed by atoms with Gasteiger partial charge in [0.2, 0.25) is 0 Å². The summed E-state index contributed by atoms with van der Waals surface area (Å²) in [5.74, 6) is -1.72. The first-order valence-electron chi connectivity index (χ1n) is 7.41. The van der Waals surface area contributed by atoms with Gasteiger partial charge < -0.3 is 0 Å². The van der Waals surface area contributed by atoms with Gasteiger partial charge in [0.05, 0.1) is 26.6 Å². The number of fused-ring (bicyclic) bond motifs is 1. The molecule has 1 heterocycles. The van der Waals surface area contributed by atoms with E-state index in [-0.39, 0.29) is 21.5 Å². The molecule has 11 heteroatoms. The maximum atomic E-state index is 13.4. The van der Waals surface area contributed by atoms with Crippen molar-refractivity contribution in [1.82, 2.24) is 10.3 Å². The van der Waals surface area contributed by atoms with Crippen LogP contribution in [0.25, 0.3) is 10.2 Å². The Balaban J connectivity index is 1.72. The van der Waals surface area contributed by atoms with E-state index >= 15 is 0 Å². The summed E-state index contributed by atoms with van der Waals surface area (Å²) in [5.41, 5.74) is 1.00. The average Bonchev–Trinajstić information content (AvgIpc) is 2.97. The van der Waals surface area contributed by atoms with E-state index in [1.165, 1.54) is 12.1 Å². The smallest absolute Gasteiger partial charge is 0.283 e. The SMILES string of the molecule is O=C(NC(=O)c1cccc(F)c1Cl)Nc1nc2ccc(C[SH](=O)=O)cc2s1.